The molecule has 0 bridgehead atoms. The number of allylic oxidation sites excluding steroid dienone is 3. The van der Waals surface area contributed by atoms with E-state index < -0.39 is 5.60 Å². The highest BCUT2D eigenvalue weighted by Crippen LogP contribution is 2.18. The maximum Gasteiger partial charge on any atom is 0.120 e. The third kappa shape index (κ3) is 5.76. The van der Waals surface area contributed by atoms with Gasteiger partial charge in [-0.15, -0.1) is 0 Å². The van der Waals surface area contributed by atoms with Gasteiger partial charge in [-0.3, -0.25) is 0 Å². The van der Waals surface area contributed by atoms with Gasteiger partial charge in [0.2, 0.25) is 0 Å². The van der Waals surface area contributed by atoms with Crippen LogP contribution in [0.5, 0.6) is 0 Å². The Hall–Kier alpha value is -0.820. The zero-order chi connectivity index (χ0) is 11.4. The minimum atomic E-state index is -0.920. The van der Waals surface area contributed by atoms with Crippen LogP contribution in [0.4, 0.5) is 0 Å². The molecule has 80 valence electrons. The van der Waals surface area contributed by atoms with Crippen molar-refractivity contribution in [1.29, 1.82) is 0 Å². The van der Waals surface area contributed by atoms with Gasteiger partial charge in [-0.1, -0.05) is 16.7 Å². The molecule has 0 unspecified atom stereocenters. The summed E-state index contributed by atoms with van der Waals surface area (Å²) >= 11 is 0. The number of hydrogen-bond donors (Lipinski definition) is 1. The smallest absolute Gasteiger partial charge is 0.120 e. The van der Waals surface area contributed by atoms with Crippen molar-refractivity contribution < 1.29 is 5.11 Å². The molecule has 0 aromatic carbocycles. The van der Waals surface area contributed by atoms with Crippen molar-refractivity contribution in [2.45, 2.75) is 47.1 Å². The second kappa shape index (κ2) is 5.16. The fourth-order valence-corrected chi connectivity index (χ4v) is 1.51. The lowest BCUT2D eigenvalue weighted by Crippen LogP contribution is -2.20. The van der Waals surface area contributed by atoms with E-state index in [-0.39, 0.29) is 0 Å². The Labute approximate surface area is 87.8 Å². The van der Waals surface area contributed by atoms with Gasteiger partial charge in [-0.2, -0.15) is 0 Å². The third-order valence-corrected chi connectivity index (χ3v) is 1.56. The standard InChI is InChI=1S/C13H22O/c1-10(2)7-13(14,8-11(3)4)9-12(5)6/h7-9,14H,1-6H3. The van der Waals surface area contributed by atoms with Crippen LogP contribution in [-0.2, 0) is 0 Å². The van der Waals surface area contributed by atoms with E-state index in [0.717, 1.165) is 16.7 Å². The summed E-state index contributed by atoms with van der Waals surface area (Å²) in [4.78, 5) is 0. The lowest BCUT2D eigenvalue weighted by molar-refractivity contribution is 0.191. The Balaban J connectivity index is 5.17. The van der Waals surface area contributed by atoms with Crippen molar-refractivity contribution in [3.05, 3.63) is 34.9 Å². The highest BCUT2D eigenvalue weighted by Gasteiger charge is 2.16. The van der Waals surface area contributed by atoms with E-state index in [4.69, 9.17) is 0 Å². The highest BCUT2D eigenvalue weighted by atomic mass is 16.3. The SMILES string of the molecule is CC(C)=CC(O)(C=C(C)C)C=C(C)C. The summed E-state index contributed by atoms with van der Waals surface area (Å²) in [5, 5.41) is 10.3. The second-order valence-electron chi connectivity index (χ2n) is 4.55. The molecule has 0 radical (unpaired) electrons. The van der Waals surface area contributed by atoms with E-state index in [1.807, 2.05) is 59.8 Å². The summed E-state index contributed by atoms with van der Waals surface area (Å²) in [6.45, 7) is 11.9. The van der Waals surface area contributed by atoms with Crippen molar-refractivity contribution in [3.63, 3.8) is 0 Å². The third-order valence-electron chi connectivity index (χ3n) is 1.56. The van der Waals surface area contributed by atoms with Crippen LogP contribution in [0, 0.1) is 0 Å². The molecule has 1 N–H and O–H groups in total. The van der Waals surface area contributed by atoms with Gasteiger partial charge >= 0.3 is 0 Å². The molecule has 0 saturated carbocycles. The fourth-order valence-electron chi connectivity index (χ4n) is 1.51. The van der Waals surface area contributed by atoms with Crippen LogP contribution in [0.15, 0.2) is 34.9 Å². The Bertz CT molecular complexity index is 222. The normalized spacial score (nSPS) is 10.5. The minimum Gasteiger partial charge on any atom is -0.378 e. The minimum absolute atomic E-state index is 0.920. The van der Waals surface area contributed by atoms with Gasteiger partial charge in [0.25, 0.3) is 0 Å². The second-order valence-corrected chi connectivity index (χ2v) is 4.55. The predicted octanol–water partition coefficient (Wildman–Crippen LogP) is 3.62. The van der Waals surface area contributed by atoms with Crippen molar-refractivity contribution >= 4 is 0 Å². The Morgan fingerprint density at radius 3 is 1.07 bits per heavy atom. The zero-order valence-corrected chi connectivity index (χ0v) is 10.2. The van der Waals surface area contributed by atoms with Gasteiger partial charge in [-0.25, -0.2) is 0 Å². The first-order valence-corrected chi connectivity index (χ1v) is 4.96. The summed E-state index contributed by atoms with van der Waals surface area (Å²) in [5.41, 5.74) is 2.42. The molecule has 0 aromatic rings. The number of rotatable bonds is 3. The van der Waals surface area contributed by atoms with E-state index in [1.165, 1.54) is 0 Å². The number of hydrogen-bond acceptors (Lipinski definition) is 1. The maximum atomic E-state index is 10.3. The van der Waals surface area contributed by atoms with E-state index in [0.29, 0.717) is 0 Å². The molecule has 0 amide bonds. The maximum absolute atomic E-state index is 10.3. The summed E-state index contributed by atoms with van der Waals surface area (Å²) in [6, 6.07) is 0. The lowest BCUT2D eigenvalue weighted by atomic mass is 9.96. The quantitative estimate of drug-likeness (QED) is 0.680. The van der Waals surface area contributed by atoms with Crippen molar-refractivity contribution in [1.82, 2.24) is 0 Å². The predicted molar refractivity (Wildman–Crippen MR) is 63.2 cm³/mol. The van der Waals surface area contributed by atoms with Gasteiger partial charge in [0.05, 0.1) is 0 Å². The Morgan fingerprint density at radius 2 is 0.929 bits per heavy atom. The molecule has 0 aliphatic rings. The van der Waals surface area contributed by atoms with Gasteiger partial charge < -0.3 is 5.11 Å². The molecule has 0 saturated heterocycles. The van der Waals surface area contributed by atoms with Crippen molar-refractivity contribution in [2.24, 2.45) is 0 Å². The van der Waals surface area contributed by atoms with Crippen molar-refractivity contribution in [3.8, 4) is 0 Å². The zero-order valence-electron chi connectivity index (χ0n) is 10.2. The van der Waals surface area contributed by atoms with Crippen LogP contribution in [0.2, 0.25) is 0 Å². The Kier molecular flexibility index (Phi) is 4.86. The van der Waals surface area contributed by atoms with Gasteiger partial charge in [0.15, 0.2) is 0 Å². The van der Waals surface area contributed by atoms with Crippen LogP contribution in [-0.4, -0.2) is 10.7 Å². The topological polar surface area (TPSA) is 20.2 Å². The monoisotopic (exact) mass is 194 g/mol. The Morgan fingerprint density at radius 1 is 0.714 bits per heavy atom. The van der Waals surface area contributed by atoms with Gasteiger partial charge in [-0.05, 0) is 59.8 Å². The molecule has 1 heteroatoms. The molecule has 0 spiro atoms. The van der Waals surface area contributed by atoms with Crippen LogP contribution in [0.1, 0.15) is 41.5 Å². The molecule has 0 atom stereocenters. The average molecular weight is 194 g/mol. The number of aliphatic hydroxyl groups is 1. The first kappa shape index (κ1) is 13.2. The van der Waals surface area contributed by atoms with Crippen LogP contribution >= 0.6 is 0 Å². The molecular formula is C13H22O. The van der Waals surface area contributed by atoms with E-state index in [1.54, 1.807) is 0 Å². The molecule has 0 aromatic heterocycles. The molecule has 0 rings (SSSR count). The molecule has 0 aliphatic carbocycles. The summed E-state index contributed by atoms with van der Waals surface area (Å²) in [6.07, 6.45) is 5.60. The van der Waals surface area contributed by atoms with Crippen LogP contribution in [0.3, 0.4) is 0 Å². The average Bonchev–Trinajstić information content (AvgIpc) is 1.76. The van der Waals surface area contributed by atoms with Gasteiger partial charge in [0, 0.05) is 0 Å². The summed E-state index contributed by atoms with van der Waals surface area (Å²) in [5.74, 6) is 0. The lowest BCUT2D eigenvalue weighted by Gasteiger charge is -2.18. The molecule has 0 aliphatic heterocycles. The molecular weight excluding hydrogens is 172 g/mol. The first-order valence-electron chi connectivity index (χ1n) is 4.96. The molecule has 1 nitrogen and oxygen atoms in total. The molecule has 0 fully saturated rings. The molecule has 0 heterocycles. The van der Waals surface area contributed by atoms with E-state index in [9.17, 15) is 5.11 Å². The summed E-state index contributed by atoms with van der Waals surface area (Å²) in [7, 11) is 0. The summed E-state index contributed by atoms with van der Waals surface area (Å²) < 4.78 is 0. The highest BCUT2D eigenvalue weighted by molar-refractivity contribution is 5.29. The molecule has 14 heavy (non-hydrogen) atoms. The van der Waals surface area contributed by atoms with Gasteiger partial charge in [0.1, 0.15) is 5.60 Å². The van der Waals surface area contributed by atoms with E-state index in [2.05, 4.69) is 0 Å². The van der Waals surface area contributed by atoms with Crippen LogP contribution < -0.4 is 0 Å². The largest absolute Gasteiger partial charge is 0.378 e. The first-order chi connectivity index (χ1) is 6.25. The van der Waals surface area contributed by atoms with E-state index >= 15 is 0 Å². The van der Waals surface area contributed by atoms with Crippen molar-refractivity contribution in [2.75, 3.05) is 0 Å². The fraction of sp³-hybridized carbons (Fsp3) is 0.538. The van der Waals surface area contributed by atoms with Crippen LogP contribution in [0.25, 0.3) is 0 Å².